The summed E-state index contributed by atoms with van der Waals surface area (Å²) in [6, 6.07) is 8.59. The fourth-order valence-corrected chi connectivity index (χ4v) is 3.84. The van der Waals surface area contributed by atoms with Gasteiger partial charge in [-0.05, 0) is 51.9 Å². The van der Waals surface area contributed by atoms with Gasteiger partial charge in [-0.3, -0.25) is 4.79 Å². The molecular formula is C22H35N5OS. The van der Waals surface area contributed by atoms with Crippen molar-refractivity contribution in [3.8, 4) is 0 Å². The van der Waals surface area contributed by atoms with Crippen LogP contribution in [-0.2, 0) is 11.2 Å². The number of hydrogen-bond donors (Lipinski definition) is 1. The lowest BCUT2D eigenvalue weighted by atomic mass is 10.1. The molecule has 0 spiro atoms. The number of amides is 1. The first-order valence-corrected chi connectivity index (χ1v) is 11.3. The second-order valence-corrected chi connectivity index (χ2v) is 8.38. The first-order valence-electron chi connectivity index (χ1n) is 10.5. The number of benzene rings is 1. The van der Waals surface area contributed by atoms with Gasteiger partial charge in [-0.1, -0.05) is 43.7 Å². The first kappa shape index (κ1) is 23.3. The number of nitrogens with zero attached hydrogens (tertiary/aromatic N) is 4. The molecule has 1 N–H and O–H groups in total. The predicted octanol–water partition coefficient (Wildman–Crippen LogP) is 3.50. The summed E-state index contributed by atoms with van der Waals surface area (Å²) in [5, 5.41) is 3.87. The molecule has 7 heteroatoms. The zero-order valence-electron chi connectivity index (χ0n) is 18.4. The van der Waals surface area contributed by atoms with Gasteiger partial charge in [0.2, 0.25) is 11.0 Å². The zero-order valence-corrected chi connectivity index (χ0v) is 19.3. The first-order chi connectivity index (χ1) is 13.9. The van der Waals surface area contributed by atoms with Crippen molar-refractivity contribution in [3.05, 3.63) is 41.2 Å². The minimum Gasteiger partial charge on any atom is -0.352 e. The molecule has 0 saturated carbocycles. The Morgan fingerprint density at radius 1 is 1.21 bits per heavy atom. The van der Waals surface area contributed by atoms with Gasteiger partial charge in [0.1, 0.15) is 5.82 Å². The smallest absolute Gasteiger partial charge is 0.239 e. The van der Waals surface area contributed by atoms with Gasteiger partial charge < -0.3 is 15.1 Å². The van der Waals surface area contributed by atoms with Gasteiger partial charge in [0.15, 0.2) is 0 Å². The molecule has 2 aromatic rings. The molecule has 1 amide bonds. The minimum absolute atomic E-state index is 0.0260. The van der Waals surface area contributed by atoms with Crippen molar-refractivity contribution >= 4 is 22.6 Å². The van der Waals surface area contributed by atoms with E-state index in [0.717, 1.165) is 43.4 Å². The molecule has 0 radical (unpaired) electrons. The van der Waals surface area contributed by atoms with Gasteiger partial charge in [-0.25, -0.2) is 4.98 Å². The molecule has 0 aliphatic carbocycles. The van der Waals surface area contributed by atoms with Gasteiger partial charge in [0.25, 0.3) is 0 Å². The lowest BCUT2D eigenvalue weighted by Crippen LogP contribution is -2.40. The third kappa shape index (κ3) is 8.11. The Labute approximate surface area is 179 Å². The van der Waals surface area contributed by atoms with Crippen LogP contribution in [0.1, 0.15) is 50.6 Å². The molecule has 0 unspecified atom stereocenters. The van der Waals surface area contributed by atoms with E-state index >= 15 is 0 Å². The number of hydrogen-bond acceptors (Lipinski definition) is 6. The molecule has 1 aromatic carbocycles. The topological polar surface area (TPSA) is 61.4 Å². The second kappa shape index (κ2) is 11.9. The van der Waals surface area contributed by atoms with E-state index in [1.807, 2.05) is 11.9 Å². The maximum Gasteiger partial charge on any atom is 0.239 e. The predicted molar refractivity (Wildman–Crippen MR) is 122 cm³/mol. The molecule has 0 aliphatic heterocycles. The van der Waals surface area contributed by atoms with Crippen molar-refractivity contribution in [2.24, 2.45) is 0 Å². The van der Waals surface area contributed by atoms with E-state index in [1.54, 1.807) is 0 Å². The number of anilines is 1. The standard InChI is InChI=1S/C22H35N5OS/c1-6-27(7-2)14-8-9-18(4)23-21(28)16-26(5)22-24-20(25-29-22)15-19-12-10-17(3)11-13-19/h10-13,18H,6-9,14-16H2,1-5H3,(H,23,28)/t18-/m1/s1. The van der Waals surface area contributed by atoms with Crippen molar-refractivity contribution in [2.45, 2.75) is 53.0 Å². The van der Waals surface area contributed by atoms with Crippen LogP contribution in [0.5, 0.6) is 0 Å². The van der Waals surface area contributed by atoms with E-state index in [0.29, 0.717) is 13.0 Å². The average molecular weight is 418 g/mol. The second-order valence-electron chi connectivity index (χ2n) is 7.65. The number of likely N-dealkylation sites (N-methyl/N-ethyl adjacent to an activating group) is 1. The Balaban J connectivity index is 1.76. The molecule has 2 rings (SSSR count). The zero-order chi connectivity index (χ0) is 21.2. The van der Waals surface area contributed by atoms with E-state index in [-0.39, 0.29) is 11.9 Å². The summed E-state index contributed by atoms with van der Waals surface area (Å²) in [7, 11) is 1.89. The number of nitrogens with one attached hydrogen (secondary N) is 1. The van der Waals surface area contributed by atoms with Crippen LogP contribution in [0, 0.1) is 6.92 Å². The Kier molecular flexibility index (Phi) is 9.54. The van der Waals surface area contributed by atoms with Crippen LogP contribution in [0.4, 0.5) is 5.13 Å². The van der Waals surface area contributed by atoms with E-state index in [2.05, 4.69) is 71.5 Å². The highest BCUT2D eigenvalue weighted by Gasteiger charge is 2.14. The van der Waals surface area contributed by atoms with Gasteiger partial charge >= 0.3 is 0 Å². The van der Waals surface area contributed by atoms with Crippen LogP contribution in [0.25, 0.3) is 0 Å². The SMILES string of the molecule is CCN(CC)CCC[C@@H](C)NC(=O)CN(C)c1nc(Cc2ccc(C)cc2)ns1. The van der Waals surface area contributed by atoms with E-state index in [9.17, 15) is 4.79 Å². The molecule has 160 valence electrons. The lowest BCUT2D eigenvalue weighted by molar-refractivity contribution is -0.120. The summed E-state index contributed by atoms with van der Waals surface area (Å²) < 4.78 is 4.45. The van der Waals surface area contributed by atoms with Gasteiger partial charge in [0.05, 0.1) is 6.54 Å². The molecule has 0 saturated heterocycles. The van der Waals surface area contributed by atoms with Crippen LogP contribution < -0.4 is 10.2 Å². The van der Waals surface area contributed by atoms with Gasteiger partial charge in [0, 0.05) is 31.0 Å². The molecule has 1 atom stereocenters. The maximum absolute atomic E-state index is 12.4. The van der Waals surface area contributed by atoms with Crippen molar-refractivity contribution in [3.63, 3.8) is 0 Å². The normalized spacial score (nSPS) is 12.2. The molecule has 1 aromatic heterocycles. The molecule has 29 heavy (non-hydrogen) atoms. The lowest BCUT2D eigenvalue weighted by Gasteiger charge is -2.21. The largest absolute Gasteiger partial charge is 0.352 e. The van der Waals surface area contributed by atoms with Crippen molar-refractivity contribution in [1.82, 2.24) is 19.6 Å². The summed E-state index contributed by atoms with van der Waals surface area (Å²) in [6.07, 6.45) is 2.80. The summed E-state index contributed by atoms with van der Waals surface area (Å²) in [5.74, 6) is 0.823. The molecule has 0 fully saturated rings. The molecule has 0 bridgehead atoms. The fraction of sp³-hybridized carbons (Fsp3) is 0.591. The van der Waals surface area contributed by atoms with E-state index in [4.69, 9.17) is 0 Å². The number of rotatable bonds is 12. The van der Waals surface area contributed by atoms with Gasteiger partial charge in [-0.15, -0.1) is 0 Å². The van der Waals surface area contributed by atoms with E-state index in [1.165, 1.54) is 22.7 Å². The Morgan fingerprint density at radius 3 is 2.55 bits per heavy atom. The summed E-state index contributed by atoms with van der Waals surface area (Å²) in [5.41, 5.74) is 2.44. The molecule has 0 aliphatic rings. The number of carbonyl (C=O) groups excluding carboxylic acids is 1. The molecule has 6 nitrogen and oxygen atoms in total. The Bertz CT molecular complexity index is 742. The third-order valence-corrected chi connectivity index (χ3v) is 5.93. The number of aromatic nitrogens is 2. The molecular weight excluding hydrogens is 382 g/mol. The third-order valence-electron chi connectivity index (χ3n) is 5.06. The van der Waals surface area contributed by atoms with Crippen LogP contribution in [0.3, 0.4) is 0 Å². The minimum atomic E-state index is 0.0260. The van der Waals surface area contributed by atoms with E-state index < -0.39 is 0 Å². The summed E-state index contributed by atoms with van der Waals surface area (Å²) in [6.45, 7) is 12.1. The van der Waals surface area contributed by atoms with Crippen LogP contribution in [0.15, 0.2) is 24.3 Å². The number of carbonyl (C=O) groups is 1. The summed E-state index contributed by atoms with van der Waals surface area (Å²) >= 11 is 1.34. The van der Waals surface area contributed by atoms with Crippen LogP contribution in [0.2, 0.25) is 0 Å². The maximum atomic E-state index is 12.4. The van der Waals surface area contributed by atoms with Crippen molar-refractivity contribution in [2.75, 3.05) is 38.1 Å². The quantitative estimate of drug-likeness (QED) is 0.573. The van der Waals surface area contributed by atoms with Crippen LogP contribution in [-0.4, -0.2) is 59.4 Å². The Morgan fingerprint density at radius 2 is 1.90 bits per heavy atom. The highest BCUT2D eigenvalue weighted by molar-refractivity contribution is 7.09. The van der Waals surface area contributed by atoms with Crippen molar-refractivity contribution < 1.29 is 4.79 Å². The highest BCUT2D eigenvalue weighted by atomic mass is 32.1. The Hall–Kier alpha value is -1.99. The van der Waals surface area contributed by atoms with Gasteiger partial charge in [-0.2, -0.15) is 4.37 Å². The van der Waals surface area contributed by atoms with Crippen molar-refractivity contribution in [1.29, 1.82) is 0 Å². The monoisotopic (exact) mass is 417 g/mol. The highest BCUT2D eigenvalue weighted by Crippen LogP contribution is 2.17. The average Bonchev–Trinajstić information content (AvgIpc) is 3.15. The fourth-order valence-electron chi connectivity index (χ4n) is 3.20. The number of aryl methyl sites for hydroxylation is 1. The van der Waals surface area contributed by atoms with Crippen LogP contribution >= 0.6 is 11.5 Å². The molecule has 1 heterocycles. The summed E-state index contributed by atoms with van der Waals surface area (Å²) in [4.78, 5) is 21.2.